The van der Waals surface area contributed by atoms with Gasteiger partial charge < -0.3 is 10.4 Å². The first-order valence-corrected chi connectivity index (χ1v) is 5.51. The van der Waals surface area contributed by atoms with Crippen LogP contribution in [0, 0.1) is 0 Å². The second-order valence-corrected chi connectivity index (χ2v) is 4.09. The Labute approximate surface area is 89.8 Å². The first kappa shape index (κ1) is 10.5. The number of aliphatic hydroxyl groups is 1. The SMILES string of the molecule is OC1CCCCC1NCc1cncnc1. The average Bonchev–Trinajstić information content (AvgIpc) is 2.29. The quantitative estimate of drug-likeness (QED) is 0.772. The highest BCUT2D eigenvalue weighted by Gasteiger charge is 2.21. The van der Waals surface area contributed by atoms with Crippen molar-refractivity contribution in [3.63, 3.8) is 0 Å². The van der Waals surface area contributed by atoms with E-state index in [2.05, 4.69) is 15.3 Å². The zero-order chi connectivity index (χ0) is 10.5. The molecule has 0 radical (unpaired) electrons. The molecule has 0 bridgehead atoms. The van der Waals surface area contributed by atoms with Crippen LogP contribution in [0.3, 0.4) is 0 Å². The minimum atomic E-state index is -0.191. The third-order valence-electron chi connectivity index (χ3n) is 2.91. The van der Waals surface area contributed by atoms with E-state index in [9.17, 15) is 5.11 Å². The first-order valence-electron chi connectivity index (χ1n) is 5.51. The van der Waals surface area contributed by atoms with Crippen LogP contribution in [0.1, 0.15) is 31.2 Å². The first-order chi connectivity index (χ1) is 7.36. The summed E-state index contributed by atoms with van der Waals surface area (Å²) in [5, 5.41) is 13.1. The van der Waals surface area contributed by atoms with Crippen molar-refractivity contribution in [1.82, 2.24) is 15.3 Å². The molecule has 0 aliphatic heterocycles. The summed E-state index contributed by atoms with van der Waals surface area (Å²) in [5.74, 6) is 0. The summed E-state index contributed by atoms with van der Waals surface area (Å²) in [6.07, 6.45) is 9.28. The van der Waals surface area contributed by atoms with Crippen LogP contribution in [0.2, 0.25) is 0 Å². The summed E-state index contributed by atoms with van der Waals surface area (Å²) < 4.78 is 0. The molecule has 1 fully saturated rings. The van der Waals surface area contributed by atoms with E-state index < -0.39 is 0 Å². The van der Waals surface area contributed by atoms with Gasteiger partial charge in [0.15, 0.2) is 0 Å². The lowest BCUT2D eigenvalue weighted by Crippen LogP contribution is -2.41. The number of nitrogens with zero attached hydrogens (tertiary/aromatic N) is 2. The van der Waals surface area contributed by atoms with Gasteiger partial charge in [0, 0.05) is 30.5 Å². The number of rotatable bonds is 3. The Morgan fingerprint density at radius 3 is 2.73 bits per heavy atom. The molecule has 1 aliphatic carbocycles. The fourth-order valence-corrected chi connectivity index (χ4v) is 2.02. The number of aliphatic hydroxyl groups excluding tert-OH is 1. The highest BCUT2D eigenvalue weighted by atomic mass is 16.3. The van der Waals surface area contributed by atoms with Crippen molar-refractivity contribution in [2.45, 2.75) is 44.4 Å². The Bertz CT molecular complexity index is 291. The summed E-state index contributed by atoms with van der Waals surface area (Å²) in [5.41, 5.74) is 1.07. The normalized spacial score (nSPS) is 26.5. The Balaban J connectivity index is 1.82. The molecular weight excluding hydrogens is 190 g/mol. The second-order valence-electron chi connectivity index (χ2n) is 4.09. The minimum Gasteiger partial charge on any atom is -0.392 e. The molecule has 4 heteroatoms. The Morgan fingerprint density at radius 2 is 2.00 bits per heavy atom. The maximum atomic E-state index is 9.75. The molecule has 82 valence electrons. The van der Waals surface area contributed by atoms with Crippen LogP contribution in [0.25, 0.3) is 0 Å². The number of hydrogen-bond acceptors (Lipinski definition) is 4. The van der Waals surface area contributed by atoms with Crippen LogP contribution in [0.5, 0.6) is 0 Å². The Hall–Kier alpha value is -1.00. The molecule has 2 N–H and O–H groups in total. The zero-order valence-electron chi connectivity index (χ0n) is 8.76. The maximum Gasteiger partial charge on any atom is 0.115 e. The maximum absolute atomic E-state index is 9.75. The summed E-state index contributed by atoms with van der Waals surface area (Å²) in [7, 11) is 0. The molecule has 1 aromatic rings. The minimum absolute atomic E-state index is 0.191. The number of aromatic nitrogens is 2. The lowest BCUT2D eigenvalue weighted by molar-refractivity contribution is 0.0902. The highest BCUT2D eigenvalue weighted by Crippen LogP contribution is 2.18. The van der Waals surface area contributed by atoms with Crippen LogP contribution in [0.4, 0.5) is 0 Å². The molecule has 0 aromatic carbocycles. The molecule has 1 saturated carbocycles. The van der Waals surface area contributed by atoms with Crippen molar-refractivity contribution in [2.75, 3.05) is 0 Å². The fourth-order valence-electron chi connectivity index (χ4n) is 2.02. The Kier molecular flexibility index (Phi) is 3.64. The van der Waals surface area contributed by atoms with E-state index in [0.717, 1.165) is 31.4 Å². The monoisotopic (exact) mass is 207 g/mol. The molecule has 1 heterocycles. The van der Waals surface area contributed by atoms with Gasteiger partial charge in [-0.1, -0.05) is 12.8 Å². The Morgan fingerprint density at radius 1 is 1.27 bits per heavy atom. The van der Waals surface area contributed by atoms with Gasteiger partial charge in [0.2, 0.25) is 0 Å². The van der Waals surface area contributed by atoms with Crippen LogP contribution in [0.15, 0.2) is 18.7 Å². The smallest absolute Gasteiger partial charge is 0.115 e. The topological polar surface area (TPSA) is 58.0 Å². The lowest BCUT2D eigenvalue weighted by atomic mass is 9.92. The molecule has 1 aliphatic rings. The predicted octanol–water partition coefficient (Wildman–Crippen LogP) is 0.870. The number of nitrogens with one attached hydrogen (secondary N) is 1. The van der Waals surface area contributed by atoms with Crippen LogP contribution >= 0.6 is 0 Å². The molecule has 2 atom stereocenters. The van der Waals surface area contributed by atoms with Crippen molar-refractivity contribution < 1.29 is 5.11 Å². The van der Waals surface area contributed by atoms with Crippen molar-refractivity contribution in [3.05, 3.63) is 24.3 Å². The van der Waals surface area contributed by atoms with Crippen molar-refractivity contribution in [2.24, 2.45) is 0 Å². The molecule has 0 saturated heterocycles. The van der Waals surface area contributed by atoms with Gasteiger partial charge in [-0.3, -0.25) is 0 Å². The average molecular weight is 207 g/mol. The van der Waals surface area contributed by atoms with E-state index in [1.54, 1.807) is 12.4 Å². The molecule has 0 amide bonds. The van der Waals surface area contributed by atoms with E-state index in [-0.39, 0.29) is 12.1 Å². The molecule has 15 heavy (non-hydrogen) atoms. The second kappa shape index (κ2) is 5.19. The zero-order valence-corrected chi connectivity index (χ0v) is 8.76. The third-order valence-corrected chi connectivity index (χ3v) is 2.91. The number of hydrogen-bond donors (Lipinski definition) is 2. The van der Waals surface area contributed by atoms with Gasteiger partial charge in [0.25, 0.3) is 0 Å². The van der Waals surface area contributed by atoms with Gasteiger partial charge in [-0.15, -0.1) is 0 Å². The van der Waals surface area contributed by atoms with Crippen LogP contribution < -0.4 is 5.32 Å². The fraction of sp³-hybridized carbons (Fsp3) is 0.636. The van der Waals surface area contributed by atoms with Gasteiger partial charge in [0.05, 0.1) is 6.10 Å². The molecule has 1 aromatic heterocycles. The van der Waals surface area contributed by atoms with E-state index in [1.807, 2.05) is 0 Å². The molecule has 0 spiro atoms. The van der Waals surface area contributed by atoms with Crippen LogP contribution in [-0.2, 0) is 6.54 Å². The molecule has 4 nitrogen and oxygen atoms in total. The van der Waals surface area contributed by atoms with Crippen LogP contribution in [-0.4, -0.2) is 27.2 Å². The summed E-state index contributed by atoms with van der Waals surface area (Å²) in [6, 6.07) is 0.235. The van der Waals surface area contributed by atoms with E-state index in [4.69, 9.17) is 0 Å². The third kappa shape index (κ3) is 2.97. The molecule has 2 rings (SSSR count). The van der Waals surface area contributed by atoms with Gasteiger partial charge in [0.1, 0.15) is 6.33 Å². The summed E-state index contributed by atoms with van der Waals surface area (Å²) in [6.45, 7) is 0.739. The summed E-state index contributed by atoms with van der Waals surface area (Å²) in [4.78, 5) is 7.91. The highest BCUT2D eigenvalue weighted by molar-refractivity contribution is 5.02. The van der Waals surface area contributed by atoms with Gasteiger partial charge in [-0.25, -0.2) is 9.97 Å². The van der Waals surface area contributed by atoms with Crippen molar-refractivity contribution >= 4 is 0 Å². The van der Waals surface area contributed by atoms with Gasteiger partial charge in [-0.05, 0) is 12.8 Å². The molecule has 2 unspecified atom stereocenters. The van der Waals surface area contributed by atoms with E-state index in [1.165, 1.54) is 12.7 Å². The van der Waals surface area contributed by atoms with Crippen molar-refractivity contribution in [1.29, 1.82) is 0 Å². The van der Waals surface area contributed by atoms with E-state index in [0.29, 0.717) is 0 Å². The summed E-state index contributed by atoms with van der Waals surface area (Å²) >= 11 is 0. The van der Waals surface area contributed by atoms with Crippen molar-refractivity contribution in [3.8, 4) is 0 Å². The lowest BCUT2D eigenvalue weighted by Gasteiger charge is -2.28. The molecular formula is C11H17N3O. The van der Waals surface area contributed by atoms with Gasteiger partial charge in [-0.2, -0.15) is 0 Å². The van der Waals surface area contributed by atoms with Gasteiger partial charge >= 0.3 is 0 Å². The standard InChI is InChI=1S/C11H17N3O/c15-11-4-2-1-3-10(11)14-7-9-5-12-8-13-6-9/h5-6,8,10-11,14-15H,1-4,7H2. The largest absolute Gasteiger partial charge is 0.392 e. The predicted molar refractivity (Wildman–Crippen MR) is 57.1 cm³/mol. The van der Waals surface area contributed by atoms with E-state index >= 15 is 0 Å².